The first kappa shape index (κ1) is 19.4. The minimum atomic E-state index is 0.663. The van der Waals surface area contributed by atoms with Crippen molar-refractivity contribution in [2.75, 3.05) is 19.5 Å². The molecule has 3 heteroatoms. The van der Waals surface area contributed by atoms with Gasteiger partial charge < -0.3 is 4.90 Å². The normalized spacial score (nSPS) is 20.6. The van der Waals surface area contributed by atoms with Crippen molar-refractivity contribution in [3.63, 3.8) is 0 Å². The summed E-state index contributed by atoms with van der Waals surface area (Å²) in [5.41, 5.74) is 2.81. The van der Waals surface area contributed by atoms with Gasteiger partial charge in [0, 0.05) is 37.6 Å². The fourth-order valence-electron chi connectivity index (χ4n) is 4.13. The van der Waals surface area contributed by atoms with E-state index in [1.807, 2.05) is 0 Å². The molecule has 1 aliphatic rings. The predicted octanol–water partition coefficient (Wildman–Crippen LogP) is 5.17. The zero-order valence-corrected chi connectivity index (χ0v) is 16.6. The summed E-state index contributed by atoms with van der Waals surface area (Å²) in [7, 11) is 2.22. The molecule has 140 valence electrons. The lowest BCUT2D eigenvalue weighted by Gasteiger charge is -2.39. The van der Waals surface area contributed by atoms with Crippen LogP contribution in [-0.4, -0.2) is 41.4 Å². The van der Waals surface area contributed by atoms with E-state index in [0.29, 0.717) is 12.1 Å². The van der Waals surface area contributed by atoms with Gasteiger partial charge in [0.15, 0.2) is 0 Å². The van der Waals surface area contributed by atoms with E-state index < -0.39 is 0 Å². The largest absolute Gasteiger partial charge is 0.302 e. The molecule has 2 aromatic carbocycles. The number of halogens is 1. The molecular weight excluding hydrogens is 340 g/mol. The second-order valence-electron chi connectivity index (χ2n) is 7.51. The summed E-state index contributed by atoms with van der Waals surface area (Å²) >= 11 is 5.93. The molecule has 0 aromatic heterocycles. The molecule has 0 bridgehead atoms. The van der Waals surface area contributed by atoms with Crippen molar-refractivity contribution in [1.29, 1.82) is 0 Å². The maximum Gasteiger partial charge on any atom is 0.0351 e. The van der Waals surface area contributed by atoms with Gasteiger partial charge in [0.2, 0.25) is 0 Å². The molecule has 0 radical (unpaired) electrons. The molecule has 0 unspecified atom stereocenters. The van der Waals surface area contributed by atoms with Crippen molar-refractivity contribution >= 4 is 11.6 Å². The highest BCUT2D eigenvalue weighted by molar-refractivity contribution is 6.18. The summed E-state index contributed by atoms with van der Waals surface area (Å²) in [5.74, 6) is 0.727. The van der Waals surface area contributed by atoms with Gasteiger partial charge in [-0.3, -0.25) is 4.90 Å². The van der Waals surface area contributed by atoms with E-state index in [1.165, 1.54) is 36.8 Å². The first-order chi connectivity index (χ1) is 12.8. The van der Waals surface area contributed by atoms with Gasteiger partial charge in [-0.05, 0) is 43.9 Å². The maximum absolute atomic E-state index is 5.93. The van der Waals surface area contributed by atoms with Gasteiger partial charge in [0.05, 0.1) is 0 Å². The van der Waals surface area contributed by atoms with E-state index in [2.05, 4.69) is 77.5 Å². The Hall–Kier alpha value is -1.35. The zero-order valence-electron chi connectivity index (χ0n) is 15.9. The Morgan fingerprint density at radius 1 is 0.769 bits per heavy atom. The van der Waals surface area contributed by atoms with Gasteiger partial charge in [0.25, 0.3) is 0 Å². The highest BCUT2D eigenvalue weighted by Gasteiger charge is 2.27. The number of benzene rings is 2. The molecule has 1 fully saturated rings. The summed E-state index contributed by atoms with van der Waals surface area (Å²) in [6.45, 7) is 3.06. The Morgan fingerprint density at radius 2 is 1.23 bits per heavy atom. The van der Waals surface area contributed by atoms with Crippen LogP contribution in [-0.2, 0) is 13.1 Å². The van der Waals surface area contributed by atoms with Crippen molar-refractivity contribution in [2.24, 2.45) is 0 Å². The Morgan fingerprint density at radius 3 is 1.69 bits per heavy atom. The molecule has 0 N–H and O–H groups in total. The van der Waals surface area contributed by atoms with E-state index >= 15 is 0 Å². The summed E-state index contributed by atoms with van der Waals surface area (Å²) in [6.07, 6.45) is 5.10. The lowest BCUT2D eigenvalue weighted by atomic mass is 9.89. The van der Waals surface area contributed by atoms with Gasteiger partial charge >= 0.3 is 0 Å². The Kier molecular flexibility index (Phi) is 7.55. The van der Waals surface area contributed by atoms with Crippen LogP contribution < -0.4 is 0 Å². The van der Waals surface area contributed by atoms with E-state index in [0.717, 1.165) is 25.5 Å². The molecule has 0 aliphatic heterocycles. The smallest absolute Gasteiger partial charge is 0.0351 e. The van der Waals surface area contributed by atoms with Crippen molar-refractivity contribution in [3.8, 4) is 0 Å². The standard InChI is InChI=1S/C23H31ClN2/c1-25(17-16-24)22-12-14-23(15-13-22)26(18-20-8-4-2-5-9-20)19-21-10-6-3-7-11-21/h2-11,22-23H,12-19H2,1H3/t22-,23-. The number of rotatable bonds is 8. The molecular formula is C23H31ClN2. The van der Waals surface area contributed by atoms with E-state index in [4.69, 9.17) is 11.6 Å². The van der Waals surface area contributed by atoms with Crippen LogP contribution in [0.15, 0.2) is 60.7 Å². The van der Waals surface area contributed by atoms with Gasteiger partial charge in [0.1, 0.15) is 0 Å². The molecule has 0 heterocycles. The van der Waals surface area contributed by atoms with Crippen LogP contribution in [0.3, 0.4) is 0 Å². The summed E-state index contributed by atoms with van der Waals surface area (Å²) in [5, 5.41) is 0. The summed E-state index contributed by atoms with van der Waals surface area (Å²) < 4.78 is 0. The number of hydrogen-bond donors (Lipinski definition) is 0. The van der Waals surface area contributed by atoms with Crippen LogP contribution in [0.4, 0.5) is 0 Å². The number of nitrogens with zero attached hydrogens (tertiary/aromatic N) is 2. The summed E-state index contributed by atoms with van der Waals surface area (Å²) in [6, 6.07) is 23.1. The zero-order chi connectivity index (χ0) is 18.2. The molecule has 2 aromatic rings. The molecule has 0 spiro atoms. The number of hydrogen-bond acceptors (Lipinski definition) is 2. The third-order valence-electron chi connectivity index (χ3n) is 5.70. The fraction of sp³-hybridized carbons (Fsp3) is 0.478. The van der Waals surface area contributed by atoms with E-state index in [9.17, 15) is 0 Å². The molecule has 2 nitrogen and oxygen atoms in total. The molecule has 26 heavy (non-hydrogen) atoms. The monoisotopic (exact) mass is 370 g/mol. The van der Waals surface area contributed by atoms with Crippen molar-refractivity contribution in [1.82, 2.24) is 9.80 Å². The average molecular weight is 371 g/mol. The third kappa shape index (κ3) is 5.57. The van der Waals surface area contributed by atoms with Crippen LogP contribution in [0.2, 0.25) is 0 Å². The average Bonchev–Trinajstić information content (AvgIpc) is 2.69. The van der Waals surface area contributed by atoms with Gasteiger partial charge in [-0.2, -0.15) is 0 Å². The number of alkyl halides is 1. The van der Waals surface area contributed by atoms with E-state index in [-0.39, 0.29) is 0 Å². The third-order valence-corrected chi connectivity index (χ3v) is 5.87. The Labute approximate surface area is 163 Å². The van der Waals surface area contributed by atoms with Crippen LogP contribution in [0.1, 0.15) is 36.8 Å². The Balaban J connectivity index is 1.65. The first-order valence-electron chi connectivity index (χ1n) is 9.84. The van der Waals surface area contributed by atoms with Crippen molar-refractivity contribution in [3.05, 3.63) is 71.8 Å². The van der Waals surface area contributed by atoms with Crippen LogP contribution in [0.5, 0.6) is 0 Å². The van der Waals surface area contributed by atoms with Crippen molar-refractivity contribution in [2.45, 2.75) is 50.9 Å². The van der Waals surface area contributed by atoms with Crippen molar-refractivity contribution < 1.29 is 0 Å². The molecule has 3 rings (SSSR count). The van der Waals surface area contributed by atoms with Gasteiger partial charge in [-0.1, -0.05) is 60.7 Å². The Bertz CT molecular complexity index is 582. The van der Waals surface area contributed by atoms with Gasteiger partial charge in [-0.25, -0.2) is 0 Å². The maximum atomic E-state index is 5.93. The topological polar surface area (TPSA) is 6.48 Å². The quantitative estimate of drug-likeness (QED) is 0.591. The second kappa shape index (κ2) is 10.1. The molecule has 0 saturated heterocycles. The lowest BCUT2D eigenvalue weighted by molar-refractivity contribution is 0.0993. The second-order valence-corrected chi connectivity index (χ2v) is 7.89. The molecule has 1 aliphatic carbocycles. The predicted molar refractivity (Wildman–Crippen MR) is 112 cm³/mol. The molecule has 0 amide bonds. The van der Waals surface area contributed by atoms with Crippen LogP contribution in [0, 0.1) is 0 Å². The SMILES string of the molecule is CN(CCCl)[C@H]1CC[C@H](N(Cc2ccccc2)Cc2ccccc2)CC1. The van der Waals surface area contributed by atoms with E-state index in [1.54, 1.807) is 0 Å². The summed E-state index contributed by atoms with van der Waals surface area (Å²) in [4.78, 5) is 5.13. The minimum Gasteiger partial charge on any atom is -0.302 e. The minimum absolute atomic E-state index is 0.663. The highest BCUT2D eigenvalue weighted by atomic mass is 35.5. The molecule has 1 saturated carbocycles. The van der Waals surface area contributed by atoms with Crippen LogP contribution in [0.25, 0.3) is 0 Å². The van der Waals surface area contributed by atoms with Gasteiger partial charge in [-0.15, -0.1) is 11.6 Å². The lowest BCUT2D eigenvalue weighted by Crippen LogP contribution is -2.43. The molecule has 0 atom stereocenters. The van der Waals surface area contributed by atoms with Crippen LogP contribution >= 0.6 is 11.6 Å². The first-order valence-corrected chi connectivity index (χ1v) is 10.4. The fourth-order valence-corrected chi connectivity index (χ4v) is 4.40. The highest BCUT2D eigenvalue weighted by Crippen LogP contribution is 2.28.